The molecule has 0 fully saturated rings. The minimum Gasteiger partial charge on any atom is -0.354 e. The molecule has 1 aliphatic heterocycles. The lowest BCUT2D eigenvalue weighted by Crippen LogP contribution is -2.50. The predicted octanol–water partition coefficient (Wildman–Crippen LogP) is 2.09. The molecule has 13 heteroatoms. The molecule has 4 rings (SSSR count). The maximum atomic E-state index is 13.4. The average molecular weight is 637 g/mol. The van der Waals surface area contributed by atoms with Crippen molar-refractivity contribution in [2.75, 3.05) is 26.2 Å². The fourth-order valence-corrected chi connectivity index (χ4v) is 5.96. The van der Waals surface area contributed by atoms with Crippen LogP contribution in [0.2, 0.25) is 0 Å². The smallest absolute Gasteiger partial charge is 0.326 e. The Hall–Kier alpha value is -4.42. The summed E-state index contributed by atoms with van der Waals surface area (Å²) in [4.78, 5) is 69.8. The van der Waals surface area contributed by atoms with Gasteiger partial charge >= 0.3 is 5.69 Å². The van der Waals surface area contributed by atoms with Gasteiger partial charge < -0.3 is 25.8 Å². The third-order valence-electron chi connectivity index (χ3n) is 9.03. The van der Waals surface area contributed by atoms with E-state index in [2.05, 4.69) is 26.0 Å². The number of amides is 4. The van der Waals surface area contributed by atoms with Crippen molar-refractivity contribution in [3.8, 4) is 0 Å². The second-order valence-electron chi connectivity index (χ2n) is 12.3. The maximum Gasteiger partial charge on any atom is 0.326 e. The van der Waals surface area contributed by atoms with Crippen LogP contribution in [0.5, 0.6) is 0 Å². The Bertz CT molecular complexity index is 1620. The summed E-state index contributed by atoms with van der Waals surface area (Å²) in [6, 6.07) is 4.39. The van der Waals surface area contributed by atoms with Gasteiger partial charge in [-0.2, -0.15) is 5.10 Å². The summed E-state index contributed by atoms with van der Waals surface area (Å²) in [6.45, 7) is 9.64. The van der Waals surface area contributed by atoms with Gasteiger partial charge in [0.25, 0.3) is 5.91 Å². The fourth-order valence-electron chi connectivity index (χ4n) is 5.96. The molecule has 0 saturated carbocycles. The van der Waals surface area contributed by atoms with Crippen LogP contribution >= 0.6 is 0 Å². The van der Waals surface area contributed by atoms with Crippen LogP contribution in [0.25, 0.3) is 11.0 Å². The van der Waals surface area contributed by atoms with Crippen LogP contribution in [0.1, 0.15) is 79.7 Å². The molecule has 0 aliphatic carbocycles. The molecule has 4 N–H and O–H groups in total. The number of H-pyrrole nitrogens is 1. The van der Waals surface area contributed by atoms with Gasteiger partial charge in [-0.15, -0.1) is 0 Å². The van der Waals surface area contributed by atoms with Gasteiger partial charge in [0.2, 0.25) is 17.7 Å². The second-order valence-corrected chi connectivity index (χ2v) is 12.3. The summed E-state index contributed by atoms with van der Waals surface area (Å²) in [6.07, 6.45) is 3.20. The number of rotatable bonds is 5. The summed E-state index contributed by atoms with van der Waals surface area (Å²) in [5, 5.41) is 13.2. The van der Waals surface area contributed by atoms with E-state index >= 15 is 0 Å². The van der Waals surface area contributed by atoms with Gasteiger partial charge in [0.15, 0.2) is 0 Å². The quantitative estimate of drug-likeness (QED) is 0.335. The number of fused-ring (bicyclic) bond motifs is 1. The molecule has 3 aromatic rings. The minimum absolute atomic E-state index is 0.0273. The average Bonchev–Trinajstić information content (AvgIpc) is 3.48. The number of imidazole rings is 1. The first-order chi connectivity index (χ1) is 22.0. The molecule has 1 aromatic carbocycles. The highest BCUT2D eigenvalue weighted by molar-refractivity contribution is 5.97. The molecular formula is C33H48N8O5. The van der Waals surface area contributed by atoms with E-state index in [1.54, 1.807) is 27.7 Å². The predicted molar refractivity (Wildman–Crippen MR) is 175 cm³/mol. The van der Waals surface area contributed by atoms with Crippen LogP contribution in [-0.2, 0) is 34.4 Å². The molecule has 13 nitrogen and oxygen atoms in total. The van der Waals surface area contributed by atoms with Gasteiger partial charge in [0.1, 0.15) is 6.04 Å². The Morgan fingerprint density at radius 2 is 1.74 bits per heavy atom. The Morgan fingerprint density at radius 1 is 1.02 bits per heavy atom. The molecule has 0 saturated heterocycles. The fraction of sp³-hybridized carbons (Fsp3) is 0.576. The number of benzene rings is 1. The zero-order valence-corrected chi connectivity index (χ0v) is 27.7. The number of aromatic amines is 1. The first-order valence-corrected chi connectivity index (χ1v) is 16.3. The molecule has 1 aliphatic rings. The van der Waals surface area contributed by atoms with Crippen LogP contribution in [0, 0.1) is 19.8 Å². The molecule has 2 bridgehead atoms. The van der Waals surface area contributed by atoms with Crippen molar-refractivity contribution in [2.24, 2.45) is 13.0 Å². The van der Waals surface area contributed by atoms with Crippen molar-refractivity contribution in [3.63, 3.8) is 0 Å². The number of carbonyl (C=O) groups is 4. The van der Waals surface area contributed by atoms with Gasteiger partial charge in [-0.1, -0.05) is 20.3 Å². The van der Waals surface area contributed by atoms with Crippen molar-refractivity contribution >= 4 is 34.7 Å². The zero-order chi connectivity index (χ0) is 33.4. The number of nitrogens with zero attached hydrogens (tertiary/aromatic N) is 4. The van der Waals surface area contributed by atoms with Gasteiger partial charge in [0, 0.05) is 63.9 Å². The van der Waals surface area contributed by atoms with Crippen LogP contribution in [0.3, 0.4) is 0 Å². The lowest BCUT2D eigenvalue weighted by Gasteiger charge is -2.25. The zero-order valence-electron chi connectivity index (χ0n) is 27.7. The Morgan fingerprint density at radius 3 is 2.46 bits per heavy atom. The molecular weight excluding hydrogens is 588 g/mol. The Kier molecular flexibility index (Phi) is 11.8. The van der Waals surface area contributed by atoms with E-state index in [1.807, 2.05) is 39.4 Å². The number of aromatic nitrogens is 4. The maximum absolute atomic E-state index is 13.4. The third kappa shape index (κ3) is 8.43. The lowest BCUT2D eigenvalue weighted by molar-refractivity contribution is -0.132. The van der Waals surface area contributed by atoms with E-state index in [0.717, 1.165) is 17.0 Å². The SMILES string of the molecule is CC[C@H](C)[C@@H]1NC(=O)CCCN(C(=O)CCc2c(C)nn(C)c2C)CCCNC(=O)c2ccc3[nH]c(=O)n(c3c2)CCCNC1=O. The highest BCUT2D eigenvalue weighted by atomic mass is 16.2. The molecule has 2 aromatic heterocycles. The molecule has 2 atom stereocenters. The Labute approximate surface area is 269 Å². The standard InChI is InChI=1S/C33H48N8O5/c1-6-21(2)30-32(45)35-16-9-19-41-27-20-24(11-13-26(27)36-33(41)46)31(44)34-15-8-18-40(17-7-10-28(42)37-30)29(43)14-12-25-22(3)38-39(5)23(25)4/h11,13,20-21,30H,6-10,12,14-19H2,1-5H3,(H,34,44)(H,35,45)(H,36,46)(H,37,42)/t21-,30-/m0/s1. The van der Waals surface area contributed by atoms with Crippen molar-refractivity contribution in [1.29, 1.82) is 0 Å². The van der Waals surface area contributed by atoms with E-state index in [9.17, 15) is 24.0 Å². The van der Waals surface area contributed by atoms with Gasteiger partial charge in [-0.25, -0.2) is 4.79 Å². The summed E-state index contributed by atoms with van der Waals surface area (Å²) in [5.41, 5.74) is 4.36. The van der Waals surface area contributed by atoms with Gasteiger partial charge in [-0.05, 0) is 69.2 Å². The molecule has 0 unspecified atom stereocenters. The largest absolute Gasteiger partial charge is 0.354 e. The van der Waals surface area contributed by atoms with E-state index in [0.29, 0.717) is 87.8 Å². The molecule has 46 heavy (non-hydrogen) atoms. The summed E-state index contributed by atoms with van der Waals surface area (Å²) in [7, 11) is 1.89. The molecule has 3 heterocycles. The highest BCUT2D eigenvalue weighted by Gasteiger charge is 2.26. The van der Waals surface area contributed by atoms with Crippen molar-refractivity contribution in [3.05, 3.63) is 51.2 Å². The molecule has 4 amide bonds. The van der Waals surface area contributed by atoms with E-state index in [4.69, 9.17) is 0 Å². The molecule has 0 spiro atoms. The van der Waals surface area contributed by atoms with Crippen LogP contribution < -0.4 is 21.6 Å². The monoisotopic (exact) mass is 636 g/mol. The molecule has 0 radical (unpaired) electrons. The van der Waals surface area contributed by atoms with Crippen LogP contribution in [-0.4, -0.2) is 80.1 Å². The number of hydrogen-bond donors (Lipinski definition) is 4. The van der Waals surface area contributed by atoms with E-state index in [1.165, 1.54) is 0 Å². The topological polar surface area (TPSA) is 163 Å². The normalized spacial score (nSPS) is 18.5. The lowest BCUT2D eigenvalue weighted by atomic mass is 9.98. The van der Waals surface area contributed by atoms with Crippen molar-refractivity contribution < 1.29 is 19.2 Å². The summed E-state index contributed by atoms with van der Waals surface area (Å²) in [5.74, 6) is -0.888. The third-order valence-corrected chi connectivity index (χ3v) is 9.03. The summed E-state index contributed by atoms with van der Waals surface area (Å²) < 4.78 is 3.38. The van der Waals surface area contributed by atoms with Crippen molar-refractivity contribution in [1.82, 2.24) is 40.2 Å². The van der Waals surface area contributed by atoms with Crippen LogP contribution in [0.4, 0.5) is 0 Å². The number of carbonyl (C=O) groups excluding carboxylic acids is 4. The first kappa shape index (κ1) is 34.5. The van der Waals surface area contributed by atoms with E-state index < -0.39 is 6.04 Å². The number of hydrogen-bond acceptors (Lipinski definition) is 6. The number of aryl methyl sites for hydroxylation is 3. The summed E-state index contributed by atoms with van der Waals surface area (Å²) >= 11 is 0. The Balaban J connectivity index is 1.52. The van der Waals surface area contributed by atoms with Gasteiger partial charge in [0.05, 0.1) is 16.7 Å². The van der Waals surface area contributed by atoms with Crippen molar-refractivity contribution in [2.45, 2.75) is 85.2 Å². The highest BCUT2D eigenvalue weighted by Crippen LogP contribution is 2.16. The molecule has 250 valence electrons. The van der Waals surface area contributed by atoms with Crippen LogP contribution in [0.15, 0.2) is 23.0 Å². The van der Waals surface area contributed by atoms with Gasteiger partial charge in [-0.3, -0.25) is 28.4 Å². The number of nitrogens with one attached hydrogen (secondary N) is 4. The minimum atomic E-state index is -0.689. The van der Waals surface area contributed by atoms with E-state index in [-0.39, 0.29) is 41.7 Å². The second kappa shape index (κ2) is 15.7. The first-order valence-electron chi connectivity index (χ1n) is 16.3.